The van der Waals surface area contributed by atoms with Crippen molar-refractivity contribution in [2.24, 2.45) is 0 Å². The maximum Gasteiger partial charge on any atom is 0.419 e. The van der Waals surface area contributed by atoms with Crippen molar-refractivity contribution in [3.05, 3.63) is 54.0 Å². The van der Waals surface area contributed by atoms with E-state index in [0.717, 1.165) is 16.5 Å². The number of carbonyl (C=O) groups excluding carboxylic acids is 4. The highest BCUT2D eigenvalue weighted by Gasteiger charge is 2.32. The fraction of sp³-hybridized carbons (Fsp3) is 0.292. The van der Waals surface area contributed by atoms with Crippen LogP contribution in [0, 0.1) is 5.41 Å². The number of para-hydroxylation sites is 1. The monoisotopic (exact) mass is 531 g/mol. The lowest BCUT2D eigenvalue weighted by Gasteiger charge is -2.22. The third kappa shape index (κ3) is 7.44. The largest absolute Gasteiger partial charge is 0.419 e. The fourth-order valence-electron chi connectivity index (χ4n) is 3.61. The zero-order valence-electron chi connectivity index (χ0n) is 20.1. The van der Waals surface area contributed by atoms with Crippen LogP contribution in [0.25, 0.3) is 10.9 Å². The van der Waals surface area contributed by atoms with Crippen LogP contribution in [0.5, 0.6) is 0 Å². The number of hydrogen-bond donors (Lipinski definition) is 5. The highest BCUT2D eigenvalue weighted by molar-refractivity contribution is 6.26. The van der Waals surface area contributed by atoms with E-state index in [9.17, 15) is 32.3 Å². The molecule has 0 aliphatic carbocycles. The summed E-state index contributed by atoms with van der Waals surface area (Å²) in [5.41, 5.74) is 0.434. The van der Waals surface area contributed by atoms with Gasteiger partial charge in [0.05, 0.1) is 11.8 Å². The molecule has 2 atom stereocenters. The molecule has 0 saturated carbocycles. The van der Waals surface area contributed by atoms with E-state index in [0.29, 0.717) is 18.6 Å². The molecule has 14 heteroatoms. The molecule has 0 aliphatic heterocycles. The van der Waals surface area contributed by atoms with Crippen molar-refractivity contribution in [2.75, 3.05) is 5.32 Å². The number of amides is 3. The number of Topliss-reactive ketones (excluding diaryl/α,β-unsaturated/α-hetero) is 1. The van der Waals surface area contributed by atoms with Crippen molar-refractivity contribution in [3.63, 3.8) is 0 Å². The van der Waals surface area contributed by atoms with Crippen LogP contribution in [-0.2, 0) is 31.8 Å². The van der Waals surface area contributed by atoms with E-state index in [-0.39, 0.29) is 19.3 Å². The smallest absolute Gasteiger partial charge is 0.361 e. The van der Waals surface area contributed by atoms with E-state index in [1.54, 1.807) is 6.20 Å². The molecule has 0 saturated heterocycles. The van der Waals surface area contributed by atoms with E-state index >= 15 is 0 Å². The van der Waals surface area contributed by atoms with E-state index < -0.39 is 53.3 Å². The molecule has 3 amide bonds. The molecular weight excluding hydrogens is 507 g/mol. The molecule has 0 aliphatic rings. The maximum absolute atomic E-state index is 13.2. The number of aromatic amines is 1. The second-order valence-corrected chi connectivity index (χ2v) is 8.31. The van der Waals surface area contributed by atoms with Crippen molar-refractivity contribution in [2.45, 2.75) is 44.4 Å². The number of alkyl halides is 3. The lowest BCUT2D eigenvalue weighted by molar-refractivity contribution is -0.138. The second-order valence-electron chi connectivity index (χ2n) is 8.31. The van der Waals surface area contributed by atoms with Gasteiger partial charge in [-0.3, -0.25) is 24.5 Å². The van der Waals surface area contributed by atoms with Crippen molar-refractivity contribution < 1.29 is 32.3 Å². The summed E-state index contributed by atoms with van der Waals surface area (Å²) in [6.07, 6.45) is -1.86. The molecule has 3 aromatic rings. The summed E-state index contributed by atoms with van der Waals surface area (Å²) in [5, 5.41) is 15.1. The van der Waals surface area contributed by atoms with Gasteiger partial charge in [0.2, 0.25) is 23.7 Å². The van der Waals surface area contributed by atoms with E-state index in [2.05, 4.69) is 30.9 Å². The number of benzene rings is 1. The highest BCUT2D eigenvalue weighted by Crippen LogP contribution is 2.28. The topological polar surface area (TPSA) is 170 Å². The number of carbonyl (C=O) groups is 4. The van der Waals surface area contributed by atoms with Gasteiger partial charge in [-0.2, -0.15) is 13.2 Å². The fourth-order valence-corrected chi connectivity index (χ4v) is 3.61. The molecule has 200 valence electrons. The van der Waals surface area contributed by atoms with Gasteiger partial charge in [0.25, 0.3) is 0 Å². The lowest BCUT2D eigenvalue weighted by Crippen LogP contribution is -2.53. The van der Waals surface area contributed by atoms with Crippen LogP contribution >= 0.6 is 0 Å². The van der Waals surface area contributed by atoms with Gasteiger partial charge < -0.3 is 21.0 Å². The summed E-state index contributed by atoms with van der Waals surface area (Å²) < 4.78 is 38.3. The Morgan fingerprint density at radius 1 is 1.05 bits per heavy atom. The number of hydrogen-bond acceptors (Lipinski definition) is 7. The molecule has 0 spiro atoms. The maximum atomic E-state index is 13.2. The Morgan fingerprint density at radius 2 is 1.74 bits per heavy atom. The number of halogens is 3. The predicted molar refractivity (Wildman–Crippen MR) is 130 cm³/mol. The number of fused-ring (bicyclic) bond motifs is 1. The van der Waals surface area contributed by atoms with Gasteiger partial charge in [-0.1, -0.05) is 18.2 Å². The molecule has 1 aromatic carbocycles. The number of aromatic nitrogens is 3. The lowest BCUT2D eigenvalue weighted by atomic mass is 10.0. The molecule has 3 rings (SSSR count). The quantitative estimate of drug-likeness (QED) is 0.237. The van der Waals surface area contributed by atoms with Crippen LogP contribution < -0.4 is 16.0 Å². The van der Waals surface area contributed by atoms with Crippen molar-refractivity contribution >= 4 is 46.6 Å². The first-order chi connectivity index (χ1) is 18.0. The molecule has 11 nitrogen and oxygen atoms in total. The third-order valence-electron chi connectivity index (χ3n) is 5.48. The van der Waals surface area contributed by atoms with Gasteiger partial charge in [-0.15, -0.1) is 0 Å². The van der Waals surface area contributed by atoms with Crippen LogP contribution in [0.1, 0.15) is 30.9 Å². The molecule has 38 heavy (non-hydrogen) atoms. The highest BCUT2D eigenvalue weighted by atomic mass is 19.4. The van der Waals surface area contributed by atoms with Gasteiger partial charge in [0.1, 0.15) is 12.1 Å². The molecule has 5 N–H and O–H groups in total. The first-order valence-electron chi connectivity index (χ1n) is 11.3. The summed E-state index contributed by atoms with van der Waals surface area (Å²) >= 11 is 0. The van der Waals surface area contributed by atoms with E-state index in [1.807, 2.05) is 24.3 Å². The van der Waals surface area contributed by atoms with Crippen LogP contribution in [0.15, 0.2) is 42.9 Å². The molecule has 0 unspecified atom stereocenters. The average Bonchev–Trinajstić information content (AvgIpc) is 3.28. The summed E-state index contributed by atoms with van der Waals surface area (Å²) in [6.45, 7) is 1.23. The Kier molecular flexibility index (Phi) is 8.89. The number of H-pyrrole nitrogens is 1. The molecule has 0 bridgehead atoms. The Hall–Kier alpha value is -4.62. The summed E-state index contributed by atoms with van der Waals surface area (Å²) in [6, 6.07) is 4.89. The second kappa shape index (κ2) is 12.1. The van der Waals surface area contributed by atoms with Crippen LogP contribution in [0.4, 0.5) is 19.1 Å². The summed E-state index contributed by atoms with van der Waals surface area (Å²) in [7, 11) is 0. The summed E-state index contributed by atoms with van der Waals surface area (Å²) in [4.78, 5) is 59.5. The number of anilines is 1. The number of ketones is 1. The first kappa shape index (κ1) is 28.0. The van der Waals surface area contributed by atoms with Gasteiger partial charge in [0.15, 0.2) is 5.78 Å². The molecular formula is C24H24F3N7O4. The van der Waals surface area contributed by atoms with Crippen LogP contribution in [0.2, 0.25) is 0 Å². The average molecular weight is 531 g/mol. The SMILES string of the molecule is CC(=O)N[C@@H](Cc1c[nH]c2ccccc12)C(=O)N[C@@H](CCC(=O)C=N)C(=O)Nc1ncc(C(F)(F)F)cn1. The number of nitrogens with one attached hydrogen (secondary N) is 5. The van der Waals surface area contributed by atoms with Crippen LogP contribution in [-0.4, -0.2) is 56.8 Å². The van der Waals surface area contributed by atoms with Crippen LogP contribution in [0.3, 0.4) is 0 Å². The minimum Gasteiger partial charge on any atom is -0.361 e. The van der Waals surface area contributed by atoms with Gasteiger partial charge in [-0.05, 0) is 18.1 Å². The summed E-state index contributed by atoms with van der Waals surface area (Å²) in [5.74, 6) is -3.19. The predicted octanol–water partition coefficient (Wildman–Crippen LogP) is 2.15. The first-order valence-corrected chi connectivity index (χ1v) is 11.3. The normalized spacial score (nSPS) is 12.8. The van der Waals surface area contributed by atoms with E-state index in [1.165, 1.54) is 6.92 Å². The van der Waals surface area contributed by atoms with Gasteiger partial charge in [-0.25, -0.2) is 9.97 Å². The third-order valence-corrected chi connectivity index (χ3v) is 5.48. The minimum atomic E-state index is -4.67. The Balaban J connectivity index is 1.78. The molecule has 2 heterocycles. The van der Waals surface area contributed by atoms with Crippen molar-refractivity contribution in [3.8, 4) is 0 Å². The zero-order chi connectivity index (χ0) is 27.9. The van der Waals surface area contributed by atoms with Gasteiger partial charge in [0, 0.05) is 49.3 Å². The minimum absolute atomic E-state index is 0.0746. The van der Waals surface area contributed by atoms with Crippen molar-refractivity contribution in [1.82, 2.24) is 25.6 Å². The zero-order valence-corrected chi connectivity index (χ0v) is 20.1. The van der Waals surface area contributed by atoms with Gasteiger partial charge >= 0.3 is 6.18 Å². The molecule has 2 aromatic heterocycles. The van der Waals surface area contributed by atoms with E-state index in [4.69, 9.17) is 5.41 Å². The standard InChI is InChI=1S/C24H24F3N7O4/c1-13(35)32-20(8-14-10-29-18-5-3-2-4-17(14)18)22(38)33-19(7-6-16(36)9-28)21(37)34-23-30-11-15(12-31-23)24(25,26)27/h2-5,9-12,19-20,28-29H,6-8H2,1H3,(H,32,35)(H,33,38)(H,30,31,34,37)/t19-,20-/m0/s1. The molecule has 0 radical (unpaired) electrons. The number of nitrogens with zero attached hydrogens (tertiary/aromatic N) is 2. The van der Waals surface area contributed by atoms with Crippen molar-refractivity contribution in [1.29, 1.82) is 5.41 Å². The Labute approximate surface area is 214 Å². The Morgan fingerprint density at radius 3 is 2.37 bits per heavy atom. The Bertz CT molecular complexity index is 1340. The molecule has 0 fully saturated rings. The number of rotatable bonds is 11.